The molecule has 14 heavy (non-hydrogen) atoms. The average Bonchev–Trinajstić information content (AvgIpc) is 2.09. The van der Waals surface area contributed by atoms with Gasteiger partial charge in [-0.2, -0.15) is 0 Å². The van der Waals surface area contributed by atoms with E-state index in [2.05, 4.69) is 26.2 Å². The zero-order valence-corrected chi connectivity index (χ0v) is 12.1. The van der Waals surface area contributed by atoms with Crippen LogP contribution in [0.15, 0.2) is 0 Å². The first kappa shape index (κ1) is 14.4. The summed E-state index contributed by atoms with van der Waals surface area (Å²) in [4.78, 5) is 0. The van der Waals surface area contributed by atoms with Crippen LogP contribution in [0.5, 0.6) is 0 Å². The molecule has 0 aliphatic rings. The van der Waals surface area contributed by atoms with E-state index in [1.807, 2.05) is 0 Å². The topological polar surface area (TPSA) is 40.5 Å². The molecule has 0 amide bonds. The highest BCUT2D eigenvalue weighted by Crippen LogP contribution is 2.29. The maximum Gasteiger partial charge on any atom is 0.0442 e. The lowest BCUT2D eigenvalue weighted by molar-refractivity contribution is 0.292. The molecule has 0 saturated heterocycles. The van der Waals surface area contributed by atoms with Crippen molar-refractivity contribution in [3.05, 3.63) is 0 Å². The molecule has 0 rings (SSSR count). The third-order valence-corrected chi connectivity index (χ3v) is 22.5. The van der Waals surface area contributed by atoms with Gasteiger partial charge in [-0.1, -0.05) is 38.3 Å². The summed E-state index contributed by atoms with van der Waals surface area (Å²) in [5.41, 5.74) is 0. The van der Waals surface area contributed by atoms with Crippen LogP contribution in [0.3, 0.4) is 0 Å². The molecule has 0 aliphatic heterocycles. The molecular weight excluding hydrogens is 208 g/mol. The summed E-state index contributed by atoms with van der Waals surface area (Å²) in [7, 11) is -2.24. The summed E-state index contributed by atoms with van der Waals surface area (Å²) in [6, 6.07) is 2.47. The van der Waals surface area contributed by atoms with Crippen LogP contribution in [-0.2, 0) is 0 Å². The standard InChI is InChI=1S/C10H26O2Si2/c1-13(2,3)14(4,9-5-7-11)10-6-8-12/h11-12H,5-10H2,1-4H3. The van der Waals surface area contributed by atoms with Crippen molar-refractivity contribution < 1.29 is 10.2 Å². The van der Waals surface area contributed by atoms with E-state index >= 15 is 0 Å². The van der Waals surface area contributed by atoms with Crippen LogP contribution < -0.4 is 0 Å². The van der Waals surface area contributed by atoms with Gasteiger partial charge in [0.2, 0.25) is 0 Å². The normalized spacial score (nSPS) is 13.3. The maximum atomic E-state index is 8.91. The highest BCUT2D eigenvalue weighted by Gasteiger charge is 2.39. The molecule has 86 valence electrons. The van der Waals surface area contributed by atoms with Gasteiger partial charge in [-0.15, -0.1) is 0 Å². The monoisotopic (exact) mass is 234 g/mol. The molecule has 0 heterocycles. The molecule has 2 nitrogen and oxygen atoms in total. The Morgan fingerprint density at radius 1 is 0.786 bits per heavy atom. The van der Waals surface area contributed by atoms with Crippen molar-refractivity contribution in [2.45, 2.75) is 51.1 Å². The number of aliphatic hydroxyl groups is 2. The van der Waals surface area contributed by atoms with Crippen LogP contribution >= 0.6 is 0 Å². The van der Waals surface area contributed by atoms with Gasteiger partial charge in [0, 0.05) is 28.4 Å². The predicted molar refractivity (Wildman–Crippen MR) is 68.0 cm³/mol. The number of aliphatic hydroxyl groups excluding tert-OH is 2. The van der Waals surface area contributed by atoms with Crippen molar-refractivity contribution in [1.82, 2.24) is 0 Å². The van der Waals surface area contributed by atoms with Crippen LogP contribution in [0, 0.1) is 0 Å². The minimum Gasteiger partial charge on any atom is -0.396 e. The Morgan fingerprint density at radius 2 is 1.14 bits per heavy atom. The third-order valence-electron chi connectivity index (χ3n) is 3.58. The Balaban J connectivity index is 4.33. The molecule has 0 aromatic heterocycles. The molecule has 4 heteroatoms. The van der Waals surface area contributed by atoms with Gasteiger partial charge in [-0.05, 0) is 12.8 Å². The van der Waals surface area contributed by atoms with E-state index in [9.17, 15) is 0 Å². The summed E-state index contributed by atoms with van der Waals surface area (Å²) in [5.74, 6) is 0. The first-order chi connectivity index (χ1) is 6.37. The van der Waals surface area contributed by atoms with E-state index in [0.29, 0.717) is 13.2 Å². The van der Waals surface area contributed by atoms with Crippen molar-refractivity contribution in [2.24, 2.45) is 0 Å². The first-order valence-corrected chi connectivity index (χ1v) is 13.0. The highest BCUT2D eigenvalue weighted by molar-refractivity contribution is 7.40. The van der Waals surface area contributed by atoms with E-state index in [4.69, 9.17) is 10.2 Å². The minimum absolute atomic E-state index is 0.326. The smallest absolute Gasteiger partial charge is 0.0442 e. The quantitative estimate of drug-likeness (QED) is 0.663. The summed E-state index contributed by atoms with van der Waals surface area (Å²) in [6.45, 7) is 10.4. The van der Waals surface area contributed by atoms with Crippen molar-refractivity contribution in [3.8, 4) is 0 Å². The molecule has 0 radical (unpaired) electrons. The van der Waals surface area contributed by atoms with Gasteiger partial charge >= 0.3 is 0 Å². The largest absolute Gasteiger partial charge is 0.396 e. The van der Waals surface area contributed by atoms with Crippen molar-refractivity contribution >= 4 is 15.2 Å². The minimum atomic E-state index is -1.17. The Kier molecular flexibility index (Phi) is 6.20. The Morgan fingerprint density at radius 3 is 1.36 bits per heavy atom. The molecule has 2 N–H and O–H groups in total. The highest BCUT2D eigenvalue weighted by atomic mass is 29.3. The van der Waals surface area contributed by atoms with Gasteiger partial charge < -0.3 is 10.2 Å². The summed E-state index contributed by atoms with van der Waals surface area (Å²) >= 11 is 0. The van der Waals surface area contributed by atoms with E-state index in [0.717, 1.165) is 12.8 Å². The van der Waals surface area contributed by atoms with Gasteiger partial charge in [-0.3, -0.25) is 0 Å². The number of hydrogen-bond donors (Lipinski definition) is 2. The van der Waals surface area contributed by atoms with Gasteiger partial charge in [0.05, 0.1) is 0 Å². The molecule has 0 unspecified atom stereocenters. The van der Waals surface area contributed by atoms with E-state index < -0.39 is 15.2 Å². The fourth-order valence-corrected chi connectivity index (χ4v) is 11.0. The van der Waals surface area contributed by atoms with Crippen molar-refractivity contribution in [2.75, 3.05) is 13.2 Å². The van der Waals surface area contributed by atoms with Gasteiger partial charge in [0.15, 0.2) is 0 Å². The Labute approximate surface area is 90.2 Å². The van der Waals surface area contributed by atoms with Gasteiger partial charge in [0.1, 0.15) is 0 Å². The van der Waals surface area contributed by atoms with Crippen LogP contribution in [0.25, 0.3) is 0 Å². The van der Waals surface area contributed by atoms with Crippen LogP contribution in [-0.4, -0.2) is 38.6 Å². The van der Waals surface area contributed by atoms with Crippen molar-refractivity contribution in [1.29, 1.82) is 0 Å². The second kappa shape index (κ2) is 6.05. The molecule has 0 saturated carbocycles. The van der Waals surface area contributed by atoms with E-state index in [1.54, 1.807) is 0 Å². The summed E-state index contributed by atoms with van der Waals surface area (Å²) < 4.78 is 0. The maximum absolute atomic E-state index is 8.91. The number of hydrogen-bond acceptors (Lipinski definition) is 2. The summed E-state index contributed by atoms with van der Waals surface area (Å²) in [6.07, 6.45) is 1.91. The third kappa shape index (κ3) is 4.25. The second-order valence-electron chi connectivity index (χ2n) is 5.46. The Bertz CT molecular complexity index is 147. The first-order valence-electron chi connectivity index (χ1n) is 5.59. The van der Waals surface area contributed by atoms with Crippen LogP contribution in [0.1, 0.15) is 12.8 Å². The zero-order chi connectivity index (χ0) is 11.2. The molecule has 0 aliphatic carbocycles. The fraction of sp³-hybridized carbons (Fsp3) is 1.00. The molecule has 0 aromatic carbocycles. The van der Waals surface area contributed by atoms with Gasteiger partial charge in [0.25, 0.3) is 0 Å². The van der Waals surface area contributed by atoms with E-state index in [-0.39, 0.29) is 0 Å². The fourth-order valence-electron chi connectivity index (χ4n) is 1.81. The average molecular weight is 234 g/mol. The number of rotatable bonds is 7. The van der Waals surface area contributed by atoms with Gasteiger partial charge in [-0.25, -0.2) is 0 Å². The molecule has 0 aromatic rings. The lowest BCUT2D eigenvalue weighted by Gasteiger charge is -2.39. The SMILES string of the molecule is C[Si](C)(C)[Si](C)(CCCO)CCCO. The molecule has 0 spiro atoms. The predicted octanol–water partition coefficient (Wildman–Crippen LogP) is 2.25. The molecule has 0 bridgehead atoms. The second-order valence-corrected chi connectivity index (χ2v) is 22.2. The molecule has 0 atom stereocenters. The Hall–Kier alpha value is 0.354. The van der Waals surface area contributed by atoms with E-state index in [1.165, 1.54) is 12.1 Å². The van der Waals surface area contributed by atoms with Crippen LogP contribution in [0.2, 0.25) is 38.3 Å². The molecule has 0 fully saturated rings. The van der Waals surface area contributed by atoms with Crippen LogP contribution in [0.4, 0.5) is 0 Å². The van der Waals surface area contributed by atoms with Crippen molar-refractivity contribution in [3.63, 3.8) is 0 Å². The lowest BCUT2D eigenvalue weighted by Crippen LogP contribution is -2.54. The summed E-state index contributed by atoms with van der Waals surface area (Å²) in [5, 5.41) is 17.8. The zero-order valence-electron chi connectivity index (χ0n) is 10.1. The molecular formula is C10H26O2Si2. The lowest BCUT2D eigenvalue weighted by atomic mass is 10.5.